The Bertz CT molecular complexity index is 1220. The van der Waals surface area contributed by atoms with Crippen molar-refractivity contribution in [2.24, 2.45) is 0 Å². The third kappa shape index (κ3) is 4.19. The molecule has 2 N–H and O–H groups in total. The maximum Gasteiger partial charge on any atom is 0.416 e. The van der Waals surface area contributed by atoms with E-state index in [2.05, 4.69) is 25.2 Å². The molecule has 1 aromatic carbocycles. The van der Waals surface area contributed by atoms with Crippen molar-refractivity contribution in [3.8, 4) is 5.69 Å². The molecule has 1 aliphatic carbocycles. The van der Waals surface area contributed by atoms with Gasteiger partial charge in [0.1, 0.15) is 5.82 Å². The summed E-state index contributed by atoms with van der Waals surface area (Å²) in [5.74, 6) is 1.02. The van der Waals surface area contributed by atoms with Gasteiger partial charge in [0, 0.05) is 32.2 Å². The molecule has 35 heavy (non-hydrogen) atoms. The van der Waals surface area contributed by atoms with Crippen molar-refractivity contribution in [3.05, 3.63) is 36.0 Å². The van der Waals surface area contributed by atoms with Gasteiger partial charge < -0.3 is 20.1 Å². The number of nitrogens with one attached hydrogen (secondary N) is 1. The molecule has 0 spiro atoms. The number of ether oxygens (including phenoxy) is 1. The Morgan fingerprint density at radius 1 is 1.09 bits per heavy atom. The van der Waals surface area contributed by atoms with E-state index in [1.54, 1.807) is 12.3 Å². The zero-order valence-corrected chi connectivity index (χ0v) is 18.9. The maximum absolute atomic E-state index is 13.3. The lowest BCUT2D eigenvalue weighted by Crippen LogP contribution is -2.61. The molecule has 0 amide bonds. The number of fused-ring (bicyclic) bond motifs is 1. The summed E-state index contributed by atoms with van der Waals surface area (Å²) in [5, 5.41) is 18.3. The van der Waals surface area contributed by atoms with E-state index in [1.165, 1.54) is 10.7 Å². The van der Waals surface area contributed by atoms with Crippen LogP contribution in [0.4, 0.5) is 24.9 Å². The summed E-state index contributed by atoms with van der Waals surface area (Å²) in [6.45, 7) is 4.83. The summed E-state index contributed by atoms with van der Waals surface area (Å²) in [7, 11) is 0. The second kappa shape index (κ2) is 8.61. The molecule has 3 fully saturated rings. The number of anilines is 2. The van der Waals surface area contributed by atoms with Gasteiger partial charge in [0.25, 0.3) is 0 Å². The fourth-order valence-electron chi connectivity index (χ4n) is 4.82. The molecule has 3 aliphatic rings. The van der Waals surface area contributed by atoms with Crippen LogP contribution in [0.1, 0.15) is 18.4 Å². The second-order valence-electron chi connectivity index (χ2n) is 9.32. The van der Waals surface area contributed by atoms with Crippen LogP contribution >= 0.6 is 0 Å². The molecular weight excluding hydrogens is 463 g/mol. The molecule has 2 aromatic heterocycles. The van der Waals surface area contributed by atoms with Crippen LogP contribution in [0, 0.1) is 0 Å². The van der Waals surface area contributed by atoms with Crippen LogP contribution in [0.25, 0.3) is 16.7 Å². The maximum atomic E-state index is 13.3. The Hall–Kier alpha value is -2.96. The van der Waals surface area contributed by atoms with E-state index in [0.717, 1.165) is 57.9 Å². The normalized spacial score (nSPS) is 23.8. The van der Waals surface area contributed by atoms with Crippen molar-refractivity contribution in [2.75, 3.05) is 49.6 Å². The highest BCUT2D eigenvalue weighted by Gasteiger charge is 2.36. The predicted octanol–water partition coefficient (Wildman–Crippen LogP) is 2.29. The summed E-state index contributed by atoms with van der Waals surface area (Å²) < 4.78 is 46.8. The first kappa shape index (κ1) is 22.5. The number of rotatable bonds is 5. The third-order valence-electron chi connectivity index (χ3n) is 7.10. The van der Waals surface area contributed by atoms with E-state index < -0.39 is 17.8 Å². The van der Waals surface area contributed by atoms with Crippen LogP contribution in [-0.4, -0.2) is 87.3 Å². The van der Waals surface area contributed by atoms with E-state index in [1.807, 2.05) is 0 Å². The summed E-state index contributed by atoms with van der Waals surface area (Å²) in [6, 6.07) is 5.28. The van der Waals surface area contributed by atoms with E-state index in [0.29, 0.717) is 35.3 Å². The fraction of sp³-hybridized carbons (Fsp3) is 0.522. The minimum absolute atomic E-state index is 0.150. The number of aromatic nitrogens is 4. The molecule has 4 heterocycles. The number of hydrogen-bond acceptors (Lipinski definition) is 8. The van der Waals surface area contributed by atoms with Crippen molar-refractivity contribution in [3.63, 3.8) is 0 Å². The van der Waals surface area contributed by atoms with Crippen molar-refractivity contribution < 1.29 is 23.0 Å². The molecular formula is C23H26F3N7O2. The van der Waals surface area contributed by atoms with Crippen molar-refractivity contribution >= 4 is 22.8 Å². The molecule has 1 saturated carbocycles. The third-order valence-corrected chi connectivity index (χ3v) is 7.10. The van der Waals surface area contributed by atoms with Gasteiger partial charge in [0.05, 0.1) is 48.2 Å². The molecule has 12 heteroatoms. The van der Waals surface area contributed by atoms with Crippen LogP contribution in [0.15, 0.2) is 30.5 Å². The lowest BCUT2D eigenvalue weighted by molar-refractivity contribution is -0.137. The van der Waals surface area contributed by atoms with Crippen molar-refractivity contribution in [1.82, 2.24) is 24.6 Å². The largest absolute Gasteiger partial charge is 0.416 e. The van der Waals surface area contributed by atoms with Gasteiger partial charge in [0.2, 0.25) is 5.95 Å². The minimum atomic E-state index is -4.46. The van der Waals surface area contributed by atoms with Crippen LogP contribution in [0.5, 0.6) is 0 Å². The molecule has 0 bridgehead atoms. The number of aliphatic hydroxyl groups excluding tert-OH is 1. The number of alkyl halides is 3. The summed E-state index contributed by atoms with van der Waals surface area (Å²) in [6.07, 6.45) is -1.82. The van der Waals surface area contributed by atoms with Gasteiger partial charge in [-0.25, -0.2) is 4.68 Å². The lowest BCUT2D eigenvalue weighted by atomic mass is 9.89. The summed E-state index contributed by atoms with van der Waals surface area (Å²) in [4.78, 5) is 13.9. The molecule has 3 aromatic rings. The monoisotopic (exact) mass is 489 g/mol. The molecule has 0 radical (unpaired) electrons. The second-order valence-corrected chi connectivity index (χ2v) is 9.32. The number of morpholine rings is 1. The van der Waals surface area contributed by atoms with Gasteiger partial charge in [-0.3, -0.25) is 4.90 Å². The first-order valence-electron chi connectivity index (χ1n) is 11.8. The number of aliphatic hydroxyl groups is 1. The Labute approximate surface area is 199 Å². The average Bonchev–Trinajstić information content (AvgIpc) is 3.25. The number of hydrogen-bond donors (Lipinski definition) is 2. The quantitative estimate of drug-likeness (QED) is 0.564. The first-order valence-corrected chi connectivity index (χ1v) is 11.8. The van der Waals surface area contributed by atoms with Gasteiger partial charge in [-0.2, -0.15) is 28.2 Å². The lowest BCUT2D eigenvalue weighted by Gasteiger charge is -2.47. The van der Waals surface area contributed by atoms with Crippen molar-refractivity contribution in [2.45, 2.75) is 37.2 Å². The van der Waals surface area contributed by atoms with Gasteiger partial charge >= 0.3 is 6.18 Å². The minimum Gasteiger partial charge on any atom is -0.391 e. The fourth-order valence-corrected chi connectivity index (χ4v) is 4.82. The molecule has 2 aliphatic heterocycles. The van der Waals surface area contributed by atoms with Crippen LogP contribution in [0.2, 0.25) is 0 Å². The zero-order valence-electron chi connectivity index (χ0n) is 18.9. The average molecular weight is 490 g/mol. The van der Waals surface area contributed by atoms with Gasteiger partial charge in [-0.1, -0.05) is 6.07 Å². The Morgan fingerprint density at radius 2 is 1.89 bits per heavy atom. The van der Waals surface area contributed by atoms with E-state index in [9.17, 15) is 18.3 Å². The Balaban J connectivity index is 1.36. The summed E-state index contributed by atoms with van der Waals surface area (Å²) in [5.41, 5.74) is -0.0654. The van der Waals surface area contributed by atoms with Gasteiger partial charge in [0.15, 0.2) is 5.65 Å². The zero-order chi connectivity index (χ0) is 24.2. The highest BCUT2D eigenvalue weighted by Crippen LogP contribution is 2.34. The molecule has 0 unspecified atom stereocenters. The van der Waals surface area contributed by atoms with Gasteiger partial charge in [-0.05, 0) is 31.0 Å². The molecule has 9 nitrogen and oxygen atoms in total. The molecule has 2 atom stereocenters. The summed E-state index contributed by atoms with van der Waals surface area (Å²) >= 11 is 0. The highest BCUT2D eigenvalue weighted by molar-refractivity contribution is 5.89. The predicted molar refractivity (Wildman–Crippen MR) is 123 cm³/mol. The topological polar surface area (TPSA) is 91.6 Å². The van der Waals surface area contributed by atoms with Crippen LogP contribution in [0.3, 0.4) is 0 Å². The standard InChI is InChI=1S/C23H26F3N7O2/c24-23(25,26)14-2-1-3-15(10-14)33-21-17(11-27-33)20(29-22(30-21)28-18-4-5-19(18)34)32-12-16(13-32)31-6-8-35-9-7-31/h1-3,10-11,16,18-19,34H,4-9,12-13H2,(H,28,29,30)/t18-,19+/m0/s1. The Morgan fingerprint density at radius 3 is 2.57 bits per heavy atom. The molecule has 186 valence electrons. The van der Waals surface area contributed by atoms with Gasteiger partial charge in [-0.15, -0.1) is 0 Å². The van der Waals surface area contributed by atoms with E-state index in [4.69, 9.17) is 9.72 Å². The smallest absolute Gasteiger partial charge is 0.391 e. The number of halogens is 3. The Kier molecular flexibility index (Phi) is 5.53. The first-order chi connectivity index (χ1) is 16.9. The molecule has 6 rings (SSSR count). The van der Waals surface area contributed by atoms with Crippen LogP contribution in [-0.2, 0) is 10.9 Å². The van der Waals surface area contributed by atoms with Crippen molar-refractivity contribution in [1.29, 1.82) is 0 Å². The van der Waals surface area contributed by atoms with E-state index >= 15 is 0 Å². The SMILES string of the molecule is O[C@@H]1CC[C@@H]1Nc1nc(N2CC(N3CCOCC3)C2)c2cnn(-c3cccc(C(F)(F)F)c3)c2n1. The molecule has 2 saturated heterocycles. The number of benzene rings is 1. The van der Waals surface area contributed by atoms with Crippen LogP contribution < -0.4 is 10.2 Å². The van der Waals surface area contributed by atoms with E-state index in [-0.39, 0.29) is 11.7 Å². The number of nitrogens with zero attached hydrogens (tertiary/aromatic N) is 6. The highest BCUT2D eigenvalue weighted by atomic mass is 19.4.